The van der Waals surface area contributed by atoms with Crippen LogP contribution in [0, 0.1) is 0 Å². The predicted octanol–water partition coefficient (Wildman–Crippen LogP) is 0.234. The molecule has 6 heteroatoms. The Balaban J connectivity index is 2.39. The van der Waals surface area contributed by atoms with Crippen LogP contribution < -0.4 is 0 Å². The molecular weight excluding hydrogens is 212 g/mol. The van der Waals surface area contributed by atoms with Crippen LogP contribution in [0.15, 0.2) is 0 Å². The summed E-state index contributed by atoms with van der Waals surface area (Å²) in [5.41, 5.74) is 0. The molecule has 0 bridgehead atoms. The first-order chi connectivity index (χ1) is 7.56. The van der Waals surface area contributed by atoms with E-state index < -0.39 is 12.0 Å². The summed E-state index contributed by atoms with van der Waals surface area (Å²) in [6.07, 6.45) is -0.315. The molecule has 1 N–H and O–H groups in total. The molecule has 0 unspecified atom stereocenters. The maximum Gasteiger partial charge on any atom is 0.409 e. The van der Waals surface area contributed by atoms with Crippen LogP contribution in [-0.2, 0) is 9.53 Å². The zero-order chi connectivity index (χ0) is 12.1. The minimum Gasteiger partial charge on any atom is -0.480 e. The highest BCUT2D eigenvalue weighted by molar-refractivity contribution is 5.73. The average Bonchev–Trinajstić information content (AvgIpc) is 2.28. The molecule has 1 aliphatic heterocycles. The van der Waals surface area contributed by atoms with Gasteiger partial charge in [-0.3, -0.25) is 9.69 Å². The maximum absolute atomic E-state index is 11.4. The van der Waals surface area contributed by atoms with E-state index in [9.17, 15) is 9.59 Å². The highest BCUT2D eigenvalue weighted by Crippen LogP contribution is 2.07. The molecule has 0 aromatic rings. The number of carboxylic acids is 1. The lowest BCUT2D eigenvalue weighted by Crippen LogP contribution is -2.53. The number of aliphatic carboxylic acids is 1. The Morgan fingerprint density at radius 1 is 1.31 bits per heavy atom. The van der Waals surface area contributed by atoms with Crippen LogP contribution in [-0.4, -0.2) is 65.8 Å². The van der Waals surface area contributed by atoms with E-state index in [2.05, 4.69) is 0 Å². The molecule has 1 aliphatic rings. The summed E-state index contributed by atoms with van der Waals surface area (Å²) in [7, 11) is 0. The summed E-state index contributed by atoms with van der Waals surface area (Å²) in [6, 6.07) is -0.496. The fourth-order valence-corrected chi connectivity index (χ4v) is 1.66. The van der Waals surface area contributed by atoms with Crippen molar-refractivity contribution in [1.29, 1.82) is 0 Å². The standard InChI is InChI=1S/C10H18N2O4/c1-3-16-10(15)12-6-4-11(5-7-12)8(2)9(13)14/h8H,3-7H2,1-2H3,(H,13,14)/t8-/m1/s1. The average molecular weight is 230 g/mol. The molecule has 92 valence electrons. The molecule has 0 aliphatic carbocycles. The van der Waals surface area contributed by atoms with Crippen molar-refractivity contribution in [3.05, 3.63) is 0 Å². The lowest BCUT2D eigenvalue weighted by atomic mass is 10.2. The van der Waals surface area contributed by atoms with Crippen molar-refractivity contribution in [2.45, 2.75) is 19.9 Å². The molecule has 0 aromatic heterocycles. The number of hydrogen-bond acceptors (Lipinski definition) is 4. The second-order valence-electron chi connectivity index (χ2n) is 3.74. The highest BCUT2D eigenvalue weighted by Gasteiger charge is 2.27. The second kappa shape index (κ2) is 5.69. The maximum atomic E-state index is 11.4. The molecule has 0 aromatic carbocycles. The van der Waals surface area contributed by atoms with Crippen LogP contribution >= 0.6 is 0 Å². The first kappa shape index (κ1) is 12.8. The number of carbonyl (C=O) groups excluding carboxylic acids is 1. The van der Waals surface area contributed by atoms with Crippen LogP contribution in [0.5, 0.6) is 0 Å². The van der Waals surface area contributed by atoms with Gasteiger partial charge in [-0.15, -0.1) is 0 Å². The van der Waals surface area contributed by atoms with Gasteiger partial charge in [0.15, 0.2) is 0 Å². The predicted molar refractivity (Wildman–Crippen MR) is 57.3 cm³/mol. The summed E-state index contributed by atoms with van der Waals surface area (Å²) < 4.78 is 4.88. The van der Waals surface area contributed by atoms with Gasteiger partial charge >= 0.3 is 12.1 Å². The van der Waals surface area contributed by atoms with Crippen molar-refractivity contribution in [3.63, 3.8) is 0 Å². The minimum atomic E-state index is -0.829. The normalized spacial score (nSPS) is 19.2. The summed E-state index contributed by atoms with van der Waals surface area (Å²) in [6.45, 7) is 5.99. The molecule has 0 spiro atoms. The molecule has 6 nitrogen and oxygen atoms in total. The number of carboxylic acid groups (broad SMARTS) is 1. The van der Waals surface area contributed by atoms with Crippen LogP contribution in [0.2, 0.25) is 0 Å². The second-order valence-corrected chi connectivity index (χ2v) is 3.74. The van der Waals surface area contributed by atoms with Crippen LogP contribution in [0.3, 0.4) is 0 Å². The van der Waals surface area contributed by atoms with Crippen molar-refractivity contribution >= 4 is 12.1 Å². The first-order valence-corrected chi connectivity index (χ1v) is 5.44. The van der Waals surface area contributed by atoms with E-state index in [1.807, 2.05) is 4.90 Å². The van der Waals surface area contributed by atoms with Gasteiger partial charge in [-0.1, -0.05) is 0 Å². The van der Waals surface area contributed by atoms with Gasteiger partial charge in [-0.2, -0.15) is 0 Å². The first-order valence-electron chi connectivity index (χ1n) is 5.44. The fourth-order valence-electron chi connectivity index (χ4n) is 1.66. The number of piperazine rings is 1. The summed E-state index contributed by atoms with van der Waals surface area (Å²) in [4.78, 5) is 25.6. The van der Waals surface area contributed by atoms with Gasteiger partial charge < -0.3 is 14.7 Å². The van der Waals surface area contributed by atoms with Crippen LogP contribution in [0.4, 0.5) is 4.79 Å². The third-order valence-electron chi connectivity index (χ3n) is 2.75. The molecule has 1 atom stereocenters. The Labute approximate surface area is 94.8 Å². The van der Waals surface area contributed by atoms with Gasteiger partial charge in [0.25, 0.3) is 0 Å². The summed E-state index contributed by atoms with van der Waals surface area (Å²) >= 11 is 0. The number of rotatable bonds is 3. The Morgan fingerprint density at radius 3 is 2.31 bits per heavy atom. The lowest BCUT2D eigenvalue weighted by molar-refractivity contribution is -0.143. The molecule has 1 rings (SSSR count). The molecule has 1 fully saturated rings. The van der Waals surface area contributed by atoms with Gasteiger partial charge in [0.2, 0.25) is 0 Å². The Hall–Kier alpha value is -1.30. The van der Waals surface area contributed by atoms with E-state index in [0.29, 0.717) is 32.8 Å². The Bertz CT molecular complexity index is 262. The van der Waals surface area contributed by atoms with E-state index >= 15 is 0 Å². The zero-order valence-electron chi connectivity index (χ0n) is 9.68. The number of hydrogen-bond donors (Lipinski definition) is 1. The molecular formula is C10H18N2O4. The number of ether oxygens (including phenoxy) is 1. The van der Waals surface area contributed by atoms with E-state index in [4.69, 9.17) is 9.84 Å². The van der Waals surface area contributed by atoms with E-state index in [1.54, 1.807) is 18.7 Å². The van der Waals surface area contributed by atoms with Crippen molar-refractivity contribution in [2.24, 2.45) is 0 Å². The monoisotopic (exact) mass is 230 g/mol. The summed E-state index contributed by atoms with van der Waals surface area (Å²) in [5, 5.41) is 8.85. The van der Waals surface area contributed by atoms with Crippen molar-refractivity contribution < 1.29 is 19.4 Å². The van der Waals surface area contributed by atoms with E-state index in [-0.39, 0.29) is 6.09 Å². The highest BCUT2D eigenvalue weighted by atomic mass is 16.6. The molecule has 1 amide bonds. The van der Waals surface area contributed by atoms with Gasteiger partial charge in [-0.25, -0.2) is 4.79 Å². The quantitative estimate of drug-likeness (QED) is 0.751. The number of amides is 1. The fraction of sp³-hybridized carbons (Fsp3) is 0.800. The van der Waals surface area contributed by atoms with Crippen molar-refractivity contribution in [1.82, 2.24) is 9.80 Å². The van der Waals surface area contributed by atoms with Gasteiger partial charge in [0, 0.05) is 26.2 Å². The topological polar surface area (TPSA) is 70.1 Å². The SMILES string of the molecule is CCOC(=O)N1CCN([C@H](C)C(=O)O)CC1. The largest absolute Gasteiger partial charge is 0.480 e. The van der Waals surface area contributed by atoms with Crippen LogP contribution in [0.1, 0.15) is 13.8 Å². The molecule has 0 radical (unpaired) electrons. The smallest absolute Gasteiger partial charge is 0.409 e. The van der Waals surface area contributed by atoms with Crippen molar-refractivity contribution in [2.75, 3.05) is 32.8 Å². The number of nitrogens with zero attached hydrogens (tertiary/aromatic N) is 2. The Kier molecular flexibility index (Phi) is 4.54. The molecule has 1 saturated heterocycles. The van der Waals surface area contributed by atoms with Crippen LogP contribution in [0.25, 0.3) is 0 Å². The lowest BCUT2D eigenvalue weighted by Gasteiger charge is -2.35. The van der Waals surface area contributed by atoms with E-state index in [1.165, 1.54) is 0 Å². The molecule has 1 heterocycles. The third kappa shape index (κ3) is 3.10. The van der Waals surface area contributed by atoms with E-state index in [0.717, 1.165) is 0 Å². The van der Waals surface area contributed by atoms with Gasteiger partial charge in [0.1, 0.15) is 6.04 Å². The van der Waals surface area contributed by atoms with Crippen molar-refractivity contribution in [3.8, 4) is 0 Å². The zero-order valence-corrected chi connectivity index (χ0v) is 9.68. The van der Waals surface area contributed by atoms with Gasteiger partial charge in [0.05, 0.1) is 6.61 Å². The summed E-state index contributed by atoms with van der Waals surface area (Å²) in [5.74, 6) is -0.829. The number of carbonyl (C=O) groups is 2. The third-order valence-corrected chi connectivity index (χ3v) is 2.75. The Morgan fingerprint density at radius 2 is 1.88 bits per heavy atom. The van der Waals surface area contributed by atoms with Gasteiger partial charge in [-0.05, 0) is 13.8 Å². The minimum absolute atomic E-state index is 0.315. The molecule has 16 heavy (non-hydrogen) atoms. The molecule has 0 saturated carbocycles.